The molecule has 0 aromatic rings. The smallest absolute Gasteiger partial charge is 0.0112 e. The van der Waals surface area contributed by atoms with Gasteiger partial charge >= 0.3 is 0 Å². The maximum Gasteiger partial charge on any atom is 0.0112 e. The molecule has 1 radical (unpaired) electrons. The number of nitrogens with one attached hydrogen (secondary N) is 2. The van der Waals surface area contributed by atoms with E-state index in [1.807, 2.05) is 0 Å². The molecule has 77 valence electrons. The summed E-state index contributed by atoms with van der Waals surface area (Å²) in [6.07, 6.45) is 10.8. The van der Waals surface area contributed by atoms with Gasteiger partial charge in [-0.3, -0.25) is 5.73 Å². The van der Waals surface area contributed by atoms with Gasteiger partial charge in [0.05, 0.1) is 0 Å². The number of hydrogen-bond acceptors (Lipinski definition) is 1. The summed E-state index contributed by atoms with van der Waals surface area (Å²) in [5, 5.41) is 3.57. The first kappa shape index (κ1) is 11.0. The van der Waals surface area contributed by atoms with E-state index in [1.54, 1.807) is 0 Å². The Bertz CT molecular complexity index is 107. The van der Waals surface area contributed by atoms with Crippen molar-refractivity contribution in [3.63, 3.8) is 0 Å². The molecule has 0 unspecified atom stereocenters. The Morgan fingerprint density at radius 3 is 2.23 bits per heavy atom. The van der Waals surface area contributed by atoms with Crippen LogP contribution in [0.5, 0.6) is 0 Å². The largest absolute Gasteiger partial charge is 0.314 e. The second kappa shape index (κ2) is 7.34. The monoisotopic (exact) mass is 183 g/mol. The summed E-state index contributed by atoms with van der Waals surface area (Å²) in [5.74, 6) is 0. The number of hydrogen-bond donors (Lipinski definition) is 1. The molecule has 0 atom stereocenters. The van der Waals surface area contributed by atoms with Crippen molar-refractivity contribution in [3.8, 4) is 0 Å². The lowest BCUT2D eigenvalue weighted by atomic mass is 9.97. The fourth-order valence-corrected chi connectivity index (χ4v) is 2.05. The van der Waals surface area contributed by atoms with Crippen LogP contribution in [0.2, 0.25) is 0 Å². The summed E-state index contributed by atoms with van der Waals surface area (Å²) in [6.45, 7) is 1.62. The molecule has 13 heavy (non-hydrogen) atoms. The SMILES string of the molecule is [NH]CCCNC1CCCCCCC1. The summed E-state index contributed by atoms with van der Waals surface area (Å²) in [6, 6.07) is 0.756. The Kier molecular flexibility index (Phi) is 6.21. The highest BCUT2D eigenvalue weighted by atomic mass is 14.9. The molecule has 0 heterocycles. The molecule has 0 spiro atoms. The average Bonchev–Trinajstić information content (AvgIpc) is 2.08. The molecule has 0 amide bonds. The van der Waals surface area contributed by atoms with Crippen LogP contribution in [-0.2, 0) is 0 Å². The van der Waals surface area contributed by atoms with Gasteiger partial charge in [-0.15, -0.1) is 0 Å². The Balaban J connectivity index is 2.06. The molecule has 1 aliphatic rings. The summed E-state index contributed by atoms with van der Waals surface area (Å²) < 4.78 is 0. The van der Waals surface area contributed by atoms with Gasteiger partial charge in [0.2, 0.25) is 0 Å². The van der Waals surface area contributed by atoms with Gasteiger partial charge in [-0.25, -0.2) is 0 Å². The van der Waals surface area contributed by atoms with Crippen LogP contribution in [0.3, 0.4) is 0 Å². The van der Waals surface area contributed by atoms with Gasteiger partial charge < -0.3 is 5.32 Å². The molecule has 1 saturated carbocycles. The minimum Gasteiger partial charge on any atom is -0.314 e. The summed E-state index contributed by atoms with van der Waals surface area (Å²) in [7, 11) is 0. The van der Waals surface area contributed by atoms with Crippen LogP contribution >= 0.6 is 0 Å². The first-order chi connectivity index (χ1) is 6.43. The molecule has 0 aromatic carbocycles. The van der Waals surface area contributed by atoms with Crippen LogP contribution in [0.15, 0.2) is 0 Å². The van der Waals surface area contributed by atoms with E-state index in [-0.39, 0.29) is 0 Å². The van der Waals surface area contributed by atoms with Crippen molar-refractivity contribution in [1.29, 1.82) is 0 Å². The second-order valence-corrected chi connectivity index (χ2v) is 4.10. The van der Waals surface area contributed by atoms with Crippen LogP contribution in [0.1, 0.15) is 51.4 Å². The van der Waals surface area contributed by atoms with Crippen molar-refractivity contribution in [1.82, 2.24) is 11.1 Å². The first-order valence-corrected chi connectivity index (χ1v) is 5.81. The Morgan fingerprint density at radius 1 is 1.00 bits per heavy atom. The normalized spacial score (nSPS) is 21.0. The minimum absolute atomic E-state index is 0.569. The second-order valence-electron chi connectivity index (χ2n) is 4.10. The maximum atomic E-state index is 7.06. The maximum absolute atomic E-state index is 7.06. The van der Waals surface area contributed by atoms with Crippen molar-refractivity contribution in [2.75, 3.05) is 13.1 Å². The van der Waals surface area contributed by atoms with E-state index < -0.39 is 0 Å². The van der Waals surface area contributed by atoms with Gasteiger partial charge in [0, 0.05) is 12.6 Å². The Morgan fingerprint density at radius 2 is 1.62 bits per heavy atom. The lowest BCUT2D eigenvalue weighted by molar-refractivity contribution is 0.389. The first-order valence-electron chi connectivity index (χ1n) is 5.81. The predicted molar refractivity (Wildman–Crippen MR) is 56.7 cm³/mol. The van der Waals surface area contributed by atoms with Crippen LogP contribution in [0.4, 0.5) is 0 Å². The molecule has 2 nitrogen and oxygen atoms in total. The van der Waals surface area contributed by atoms with Gasteiger partial charge in [-0.2, -0.15) is 0 Å². The van der Waals surface area contributed by atoms with E-state index in [0.717, 1.165) is 19.0 Å². The van der Waals surface area contributed by atoms with E-state index in [2.05, 4.69) is 5.32 Å². The standard InChI is InChI=1S/C11H23N2/c12-9-6-10-13-11-7-4-2-1-3-5-8-11/h11-13H,1-10H2. The molecular weight excluding hydrogens is 160 g/mol. The summed E-state index contributed by atoms with van der Waals surface area (Å²) in [5.41, 5.74) is 7.06. The predicted octanol–water partition coefficient (Wildman–Crippen LogP) is 2.36. The fraction of sp³-hybridized carbons (Fsp3) is 1.00. The highest BCUT2D eigenvalue weighted by Gasteiger charge is 2.09. The molecule has 2 heteroatoms. The molecule has 1 aliphatic carbocycles. The summed E-state index contributed by atoms with van der Waals surface area (Å²) >= 11 is 0. The third-order valence-corrected chi connectivity index (χ3v) is 2.89. The van der Waals surface area contributed by atoms with Gasteiger partial charge in [0.25, 0.3) is 0 Å². The quantitative estimate of drug-likeness (QED) is 0.667. The third kappa shape index (κ3) is 5.27. The van der Waals surface area contributed by atoms with Crippen molar-refractivity contribution in [2.24, 2.45) is 0 Å². The topological polar surface area (TPSA) is 35.8 Å². The third-order valence-electron chi connectivity index (χ3n) is 2.89. The van der Waals surface area contributed by atoms with Crippen molar-refractivity contribution in [2.45, 2.75) is 57.4 Å². The molecule has 0 aliphatic heterocycles. The minimum atomic E-state index is 0.569. The Labute approximate surface area is 82.3 Å². The van der Waals surface area contributed by atoms with Crippen LogP contribution in [-0.4, -0.2) is 19.1 Å². The highest BCUT2D eigenvalue weighted by Crippen LogP contribution is 2.16. The van der Waals surface area contributed by atoms with E-state index in [9.17, 15) is 0 Å². The molecular formula is C11H23N2. The molecule has 0 bridgehead atoms. The zero-order chi connectivity index (χ0) is 9.36. The van der Waals surface area contributed by atoms with E-state index in [0.29, 0.717) is 6.54 Å². The van der Waals surface area contributed by atoms with Gasteiger partial charge in [-0.05, 0) is 25.8 Å². The lowest BCUT2D eigenvalue weighted by Crippen LogP contribution is -2.30. The van der Waals surface area contributed by atoms with Crippen molar-refractivity contribution < 1.29 is 0 Å². The molecule has 2 N–H and O–H groups in total. The zero-order valence-electron chi connectivity index (χ0n) is 8.65. The fourth-order valence-electron chi connectivity index (χ4n) is 2.05. The van der Waals surface area contributed by atoms with Gasteiger partial charge in [0.1, 0.15) is 0 Å². The van der Waals surface area contributed by atoms with Crippen LogP contribution in [0.25, 0.3) is 0 Å². The van der Waals surface area contributed by atoms with Crippen molar-refractivity contribution in [3.05, 3.63) is 0 Å². The van der Waals surface area contributed by atoms with Gasteiger partial charge in [0.15, 0.2) is 0 Å². The highest BCUT2D eigenvalue weighted by molar-refractivity contribution is 4.69. The number of rotatable bonds is 4. The van der Waals surface area contributed by atoms with Crippen molar-refractivity contribution >= 4 is 0 Å². The molecule has 1 fully saturated rings. The lowest BCUT2D eigenvalue weighted by Gasteiger charge is -2.20. The van der Waals surface area contributed by atoms with E-state index in [1.165, 1.54) is 44.9 Å². The van der Waals surface area contributed by atoms with E-state index >= 15 is 0 Å². The zero-order valence-corrected chi connectivity index (χ0v) is 8.65. The molecule has 0 aromatic heterocycles. The molecule has 1 rings (SSSR count). The van der Waals surface area contributed by atoms with Crippen LogP contribution in [0, 0.1) is 0 Å². The van der Waals surface area contributed by atoms with E-state index in [4.69, 9.17) is 5.73 Å². The van der Waals surface area contributed by atoms with Gasteiger partial charge in [-0.1, -0.05) is 32.1 Å². The Hall–Kier alpha value is -0.0800. The average molecular weight is 183 g/mol. The van der Waals surface area contributed by atoms with Crippen LogP contribution < -0.4 is 11.1 Å². The molecule has 0 saturated heterocycles. The summed E-state index contributed by atoms with van der Waals surface area (Å²) in [4.78, 5) is 0.